The summed E-state index contributed by atoms with van der Waals surface area (Å²) in [4.78, 5) is 13.3. The first kappa shape index (κ1) is 35.7. The van der Waals surface area contributed by atoms with Crippen LogP contribution in [0, 0.1) is 0 Å². The number of furan rings is 1. The normalized spacial score (nSPS) is 13.6. The fourth-order valence-corrected chi connectivity index (χ4v) is 10.3. The number of rotatable bonds is 4. The molecule has 4 heteroatoms. The van der Waals surface area contributed by atoms with Crippen molar-refractivity contribution in [3.8, 4) is 44.6 Å². The molecule has 2 aliphatic rings. The Kier molecular flexibility index (Phi) is 7.62. The van der Waals surface area contributed by atoms with Gasteiger partial charge in [-0.15, -0.1) is 0 Å². The summed E-state index contributed by atoms with van der Waals surface area (Å²) in [7, 11) is 0. The van der Waals surface area contributed by atoms with Crippen LogP contribution in [0.4, 0.5) is 17.3 Å². The summed E-state index contributed by atoms with van der Waals surface area (Å²) in [6.07, 6.45) is 4.53. The maximum Gasteiger partial charge on any atom is 0.235 e. The molecule has 11 aromatic rings. The number of benzene rings is 9. The summed E-state index contributed by atoms with van der Waals surface area (Å²) >= 11 is 0. The van der Waals surface area contributed by atoms with Crippen LogP contribution >= 0.6 is 0 Å². The van der Waals surface area contributed by atoms with Crippen molar-refractivity contribution in [2.45, 2.75) is 19.3 Å². The molecule has 13 rings (SSSR count). The molecule has 0 amide bonds. The quantitative estimate of drug-likeness (QED) is 0.178. The van der Waals surface area contributed by atoms with Crippen LogP contribution in [0.1, 0.15) is 36.1 Å². The van der Waals surface area contributed by atoms with Gasteiger partial charge < -0.3 is 4.42 Å². The molecule has 0 N–H and O–H groups in total. The summed E-state index contributed by atoms with van der Waals surface area (Å²) in [6, 6.07) is 67.4. The Bertz CT molecular complexity index is 3720. The van der Waals surface area contributed by atoms with Gasteiger partial charge in [0.2, 0.25) is 5.95 Å². The summed E-state index contributed by atoms with van der Waals surface area (Å²) in [6.45, 7) is 4.68. The van der Waals surface area contributed by atoms with Gasteiger partial charge in [-0.05, 0) is 97.2 Å². The monoisotopic (exact) mass is 805 g/mol. The van der Waals surface area contributed by atoms with E-state index in [0.29, 0.717) is 5.95 Å². The van der Waals surface area contributed by atoms with Crippen LogP contribution in [0.15, 0.2) is 192 Å². The minimum atomic E-state index is -0.151. The number of nitrogens with zero attached hydrogens (tertiary/aromatic N) is 3. The van der Waals surface area contributed by atoms with Gasteiger partial charge in [-0.25, -0.2) is 9.97 Å². The largest absolute Gasteiger partial charge is 0.455 e. The van der Waals surface area contributed by atoms with Crippen LogP contribution in [0.25, 0.3) is 100 Å². The number of hydrogen-bond donors (Lipinski definition) is 0. The first-order chi connectivity index (χ1) is 31.0. The van der Waals surface area contributed by atoms with Gasteiger partial charge in [0.25, 0.3) is 0 Å². The lowest BCUT2D eigenvalue weighted by Gasteiger charge is -2.28. The summed E-state index contributed by atoms with van der Waals surface area (Å²) in [5, 5.41) is 5.71. The standard InChI is InChI=1S/C59H39N3O/c1-59(2)50-22-8-5-16-45(50)49-35-54-41(34-51(49)59)30-29-40-33-39(44-20-12-21-47-46-17-7-10-24-55(46)63-57(44)47)31-32-53(40)62(54)58-60-52-23-9-6-18-48(52)56(61-58)38-27-25-37(26-28-38)43-19-11-14-36-13-3-4-15-42(36)43/h3-35H,1-2H3. The second kappa shape index (κ2) is 13.5. The Hall–Kier alpha value is -8.08. The van der Waals surface area contributed by atoms with E-state index in [4.69, 9.17) is 14.4 Å². The van der Waals surface area contributed by atoms with Crippen LogP contribution < -0.4 is 4.90 Å². The van der Waals surface area contributed by atoms with Gasteiger partial charge in [0.15, 0.2) is 0 Å². The van der Waals surface area contributed by atoms with Crippen molar-refractivity contribution in [3.05, 3.63) is 210 Å². The number of aromatic nitrogens is 2. The highest BCUT2D eigenvalue weighted by atomic mass is 16.3. The van der Waals surface area contributed by atoms with E-state index < -0.39 is 0 Å². The van der Waals surface area contributed by atoms with Crippen LogP contribution in [0.3, 0.4) is 0 Å². The molecule has 0 radical (unpaired) electrons. The third-order valence-electron chi connectivity index (χ3n) is 13.4. The molecular formula is C59H39N3O. The Balaban J connectivity index is 1.02. The summed E-state index contributed by atoms with van der Waals surface area (Å²) < 4.78 is 6.54. The van der Waals surface area contributed by atoms with Crippen molar-refractivity contribution in [2.24, 2.45) is 0 Å². The van der Waals surface area contributed by atoms with Gasteiger partial charge in [0, 0.05) is 32.7 Å². The van der Waals surface area contributed by atoms with E-state index in [9.17, 15) is 0 Å². The fraction of sp³-hybridized carbons (Fsp3) is 0.0508. The third kappa shape index (κ3) is 5.41. The highest BCUT2D eigenvalue weighted by Crippen LogP contribution is 2.53. The molecule has 2 aromatic heterocycles. The van der Waals surface area contributed by atoms with Crippen molar-refractivity contribution in [2.75, 3.05) is 4.90 Å². The smallest absolute Gasteiger partial charge is 0.235 e. The average molecular weight is 806 g/mol. The predicted octanol–water partition coefficient (Wildman–Crippen LogP) is 15.9. The number of anilines is 3. The molecule has 296 valence electrons. The number of fused-ring (bicyclic) bond motifs is 10. The molecule has 1 aliphatic carbocycles. The predicted molar refractivity (Wildman–Crippen MR) is 262 cm³/mol. The minimum Gasteiger partial charge on any atom is -0.455 e. The zero-order chi connectivity index (χ0) is 41.8. The molecule has 0 atom stereocenters. The van der Waals surface area contributed by atoms with Gasteiger partial charge in [-0.3, -0.25) is 4.90 Å². The third-order valence-corrected chi connectivity index (χ3v) is 13.4. The molecule has 0 spiro atoms. The maximum absolute atomic E-state index is 6.54. The van der Waals surface area contributed by atoms with Crippen molar-refractivity contribution < 1.29 is 4.42 Å². The lowest BCUT2D eigenvalue weighted by atomic mass is 9.82. The van der Waals surface area contributed by atoms with Gasteiger partial charge in [-0.1, -0.05) is 178 Å². The van der Waals surface area contributed by atoms with Crippen LogP contribution in [0.2, 0.25) is 0 Å². The molecule has 3 heterocycles. The number of hydrogen-bond acceptors (Lipinski definition) is 4. The molecule has 0 bridgehead atoms. The van der Waals surface area contributed by atoms with Crippen molar-refractivity contribution in [1.82, 2.24) is 9.97 Å². The van der Waals surface area contributed by atoms with Crippen molar-refractivity contribution in [3.63, 3.8) is 0 Å². The van der Waals surface area contributed by atoms with E-state index in [2.05, 4.69) is 207 Å². The second-order valence-corrected chi connectivity index (χ2v) is 17.3. The van der Waals surface area contributed by atoms with Gasteiger partial charge in [0.1, 0.15) is 11.2 Å². The molecule has 9 aromatic carbocycles. The highest BCUT2D eigenvalue weighted by molar-refractivity contribution is 6.10. The Morgan fingerprint density at radius 2 is 1.10 bits per heavy atom. The summed E-state index contributed by atoms with van der Waals surface area (Å²) in [5.74, 6) is 0.616. The fourth-order valence-electron chi connectivity index (χ4n) is 10.3. The van der Waals surface area contributed by atoms with Crippen molar-refractivity contribution in [1.29, 1.82) is 0 Å². The molecule has 0 unspecified atom stereocenters. The van der Waals surface area contributed by atoms with E-state index in [1.54, 1.807) is 0 Å². The zero-order valence-corrected chi connectivity index (χ0v) is 34.8. The van der Waals surface area contributed by atoms with Crippen molar-refractivity contribution >= 4 is 73.1 Å². The van der Waals surface area contributed by atoms with Crippen LogP contribution in [-0.2, 0) is 5.41 Å². The zero-order valence-electron chi connectivity index (χ0n) is 34.8. The Morgan fingerprint density at radius 1 is 0.444 bits per heavy atom. The molecule has 63 heavy (non-hydrogen) atoms. The first-order valence-electron chi connectivity index (χ1n) is 21.6. The summed E-state index contributed by atoms with van der Waals surface area (Å²) in [5.41, 5.74) is 18.4. The van der Waals surface area contributed by atoms with Crippen LogP contribution in [0.5, 0.6) is 0 Å². The Morgan fingerprint density at radius 3 is 1.98 bits per heavy atom. The molecular weight excluding hydrogens is 767 g/mol. The van der Waals surface area contributed by atoms with Crippen LogP contribution in [-0.4, -0.2) is 9.97 Å². The first-order valence-corrected chi connectivity index (χ1v) is 21.6. The Labute approximate surface area is 365 Å². The van der Waals surface area contributed by atoms with E-state index in [-0.39, 0.29) is 5.41 Å². The SMILES string of the molecule is CC1(C)c2ccccc2-c2cc3c(cc21)C=Cc1cc(-c2cccc4c2oc2ccccc24)ccc1N3c1nc(-c2ccc(-c3cccc4ccccc34)cc2)c2ccccc2n1. The molecule has 1 aliphatic heterocycles. The number of para-hydroxylation sites is 3. The van der Waals surface area contributed by atoms with E-state index in [1.807, 2.05) is 12.1 Å². The van der Waals surface area contributed by atoms with E-state index >= 15 is 0 Å². The van der Waals surface area contributed by atoms with Gasteiger partial charge >= 0.3 is 0 Å². The van der Waals surface area contributed by atoms with Gasteiger partial charge in [-0.2, -0.15) is 0 Å². The lowest BCUT2D eigenvalue weighted by Crippen LogP contribution is -2.17. The van der Waals surface area contributed by atoms with E-state index in [0.717, 1.165) is 77.7 Å². The lowest BCUT2D eigenvalue weighted by molar-refractivity contribution is 0.660. The maximum atomic E-state index is 6.54. The topological polar surface area (TPSA) is 42.2 Å². The highest BCUT2D eigenvalue weighted by Gasteiger charge is 2.37. The minimum absolute atomic E-state index is 0.151. The molecule has 4 nitrogen and oxygen atoms in total. The molecule has 0 saturated heterocycles. The molecule has 0 saturated carbocycles. The average Bonchev–Trinajstić information content (AvgIpc) is 3.76. The van der Waals surface area contributed by atoms with E-state index in [1.165, 1.54) is 44.2 Å². The molecule has 0 fully saturated rings. The van der Waals surface area contributed by atoms with Gasteiger partial charge in [0.05, 0.1) is 22.6 Å². The second-order valence-electron chi connectivity index (χ2n) is 17.3.